The molecule has 0 atom stereocenters. The summed E-state index contributed by atoms with van der Waals surface area (Å²) in [6, 6.07) is 3.61. The molecule has 4 heteroatoms. The summed E-state index contributed by atoms with van der Waals surface area (Å²) in [5.41, 5.74) is 6.36. The van der Waals surface area contributed by atoms with Crippen LogP contribution in [0.5, 0.6) is 5.75 Å². The van der Waals surface area contributed by atoms with E-state index in [0.717, 1.165) is 12.2 Å². The van der Waals surface area contributed by atoms with E-state index < -0.39 is 0 Å². The van der Waals surface area contributed by atoms with Crippen molar-refractivity contribution in [2.75, 3.05) is 6.61 Å². The molecule has 1 heterocycles. The van der Waals surface area contributed by atoms with Gasteiger partial charge in [-0.3, -0.25) is 0 Å². The minimum atomic E-state index is 0.284. The second-order valence-corrected chi connectivity index (χ2v) is 5.34. The van der Waals surface area contributed by atoms with Crippen LogP contribution in [0, 0.1) is 5.41 Å². The second kappa shape index (κ2) is 5.25. The van der Waals surface area contributed by atoms with E-state index in [9.17, 15) is 0 Å². The van der Waals surface area contributed by atoms with Crippen LogP contribution < -0.4 is 10.5 Å². The van der Waals surface area contributed by atoms with Gasteiger partial charge in [0.1, 0.15) is 10.7 Å². The highest BCUT2D eigenvalue weighted by atomic mass is 32.1. The van der Waals surface area contributed by atoms with Gasteiger partial charge >= 0.3 is 0 Å². The SMILES string of the molecule is CC(C)(C)CCOc1ccc(C(N)=S)nc1. The summed E-state index contributed by atoms with van der Waals surface area (Å²) in [7, 11) is 0. The maximum Gasteiger partial charge on any atom is 0.137 e. The van der Waals surface area contributed by atoms with Gasteiger partial charge in [-0.25, -0.2) is 4.98 Å². The van der Waals surface area contributed by atoms with Crippen LogP contribution in [0.1, 0.15) is 32.9 Å². The first kappa shape index (κ1) is 12.9. The van der Waals surface area contributed by atoms with E-state index in [0.29, 0.717) is 17.3 Å². The van der Waals surface area contributed by atoms with Gasteiger partial charge in [0.2, 0.25) is 0 Å². The number of aromatic nitrogens is 1. The zero-order valence-electron chi connectivity index (χ0n) is 9.99. The average molecular weight is 238 g/mol. The van der Waals surface area contributed by atoms with Gasteiger partial charge in [-0.05, 0) is 24.0 Å². The van der Waals surface area contributed by atoms with Crippen LogP contribution in [0.4, 0.5) is 0 Å². The molecule has 0 saturated heterocycles. The Morgan fingerprint density at radius 2 is 2.12 bits per heavy atom. The Morgan fingerprint density at radius 1 is 1.44 bits per heavy atom. The van der Waals surface area contributed by atoms with Gasteiger partial charge in [-0.15, -0.1) is 0 Å². The highest BCUT2D eigenvalue weighted by Gasteiger charge is 2.09. The molecule has 0 unspecified atom stereocenters. The maximum absolute atomic E-state index is 5.57. The molecule has 88 valence electrons. The first-order chi connectivity index (χ1) is 7.38. The largest absolute Gasteiger partial charge is 0.492 e. The van der Waals surface area contributed by atoms with Gasteiger partial charge in [-0.2, -0.15) is 0 Å². The number of nitrogens with two attached hydrogens (primary N) is 1. The Labute approximate surface area is 102 Å². The van der Waals surface area contributed by atoms with Crippen molar-refractivity contribution in [3.8, 4) is 5.75 Å². The molecule has 16 heavy (non-hydrogen) atoms. The number of hydrogen-bond acceptors (Lipinski definition) is 3. The predicted molar refractivity (Wildman–Crippen MR) is 69.7 cm³/mol. The maximum atomic E-state index is 5.57. The van der Waals surface area contributed by atoms with Crippen molar-refractivity contribution in [3.63, 3.8) is 0 Å². The third-order valence-corrected chi connectivity index (χ3v) is 2.32. The van der Waals surface area contributed by atoms with E-state index in [2.05, 4.69) is 25.8 Å². The van der Waals surface area contributed by atoms with Crippen molar-refractivity contribution < 1.29 is 4.74 Å². The molecule has 0 radical (unpaired) electrons. The smallest absolute Gasteiger partial charge is 0.137 e. The molecule has 0 aliphatic carbocycles. The van der Waals surface area contributed by atoms with Crippen LogP contribution in [0.25, 0.3) is 0 Å². The molecule has 1 aromatic heterocycles. The van der Waals surface area contributed by atoms with E-state index in [1.165, 1.54) is 0 Å². The van der Waals surface area contributed by atoms with Crippen molar-refractivity contribution >= 4 is 17.2 Å². The van der Waals surface area contributed by atoms with Crippen LogP contribution >= 0.6 is 12.2 Å². The summed E-state index contributed by atoms with van der Waals surface area (Å²) in [6.07, 6.45) is 2.65. The summed E-state index contributed by atoms with van der Waals surface area (Å²) >= 11 is 4.82. The van der Waals surface area contributed by atoms with E-state index in [4.69, 9.17) is 22.7 Å². The Morgan fingerprint density at radius 3 is 2.56 bits per heavy atom. The molecule has 1 rings (SSSR count). The van der Waals surface area contributed by atoms with Crippen molar-refractivity contribution in [1.82, 2.24) is 4.98 Å². The van der Waals surface area contributed by atoms with Gasteiger partial charge < -0.3 is 10.5 Å². The summed E-state index contributed by atoms with van der Waals surface area (Å²) in [6.45, 7) is 7.25. The van der Waals surface area contributed by atoms with E-state index in [1.54, 1.807) is 12.3 Å². The van der Waals surface area contributed by atoms with Crippen molar-refractivity contribution in [2.24, 2.45) is 11.1 Å². The van der Waals surface area contributed by atoms with Gasteiger partial charge in [0.05, 0.1) is 18.5 Å². The van der Waals surface area contributed by atoms with Gasteiger partial charge in [-0.1, -0.05) is 33.0 Å². The lowest BCUT2D eigenvalue weighted by molar-refractivity contribution is 0.242. The topological polar surface area (TPSA) is 48.1 Å². The van der Waals surface area contributed by atoms with Crippen LogP contribution in [-0.2, 0) is 0 Å². The van der Waals surface area contributed by atoms with Gasteiger partial charge in [0.15, 0.2) is 0 Å². The summed E-state index contributed by atoms with van der Waals surface area (Å²) in [4.78, 5) is 4.41. The Balaban J connectivity index is 2.47. The van der Waals surface area contributed by atoms with Gasteiger partial charge in [0, 0.05) is 0 Å². The molecule has 2 N–H and O–H groups in total. The third-order valence-electron chi connectivity index (χ3n) is 2.11. The van der Waals surface area contributed by atoms with Crippen LogP contribution in [0.3, 0.4) is 0 Å². The second-order valence-electron chi connectivity index (χ2n) is 4.90. The lowest BCUT2D eigenvalue weighted by Crippen LogP contribution is -2.12. The minimum Gasteiger partial charge on any atom is -0.492 e. The number of rotatable bonds is 4. The number of nitrogens with zero attached hydrogens (tertiary/aromatic N) is 1. The molecule has 1 aromatic rings. The van der Waals surface area contributed by atoms with E-state index >= 15 is 0 Å². The minimum absolute atomic E-state index is 0.284. The average Bonchev–Trinajstić information content (AvgIpc) is 2.16. The first-order valence-corrected chi connectivity index (χ1v) is 5.68. The van der Waals surface area contributed by atoms with E-state index in [1.807, 2.05) is 6.07 Å². The fourth-order valence-electron chi connectivity index (χ4n) is 1.09. The molecule has 0 saturated carbocycles. The van der Waals surface area contributed by atoms with Crippen LogP contribution in [-0.4, -0.2) is 16.6 Å². The van der Waals surface area contributed by atoms with Crippen molar-refractivity contribution in [2.45, 2.75) is 27.2 Å². The highest BCUT2D eigenvalue weighted by molar-refractivity contribution is 7.80. The van der Waals surface area contributed by atoms with Crippen molar-refractivity contribution in [1.29, 1.82) is 0 Å². The lowest BCUT2D eigenvalue weighted by Gasteiger charge is -2.17. The van der Waals surface area contributed by atoms with Crippen LogP contribution in [0.2, 0.25) is 0 Å². The summed E-state index contributed by atoms with van der Waals surface area (Å²) < 4.78 is 5.57. The highest BCUT2D eigenvalue weighted by Crippen LogP contribution is 2.19. The van der Waals surface area contributed by atoms with E-state index in [-0.39, 0.29) is 5.41 Å². The zero-order chi connectivity index (χ0) is 12.2. The number of pyridine rings is 1. The molecule has 0 spiro atoms. The Hall–Kier alpha value is -1.16. The quantitative estimate of drug-likeness (QED) is 0.819. The third kappa shape index (κ3) is 4.57. The molecule has 0 bridgehead atoms. The zero-order valence-corrected chi connectivity index (χ0v) is 10.8. The number of hydrogen-bond donors (Lipinski definition) is 1. The number of ether oxygens (including phenoxy) is 1. The fourth-order valence-corrected chi connectivity index (χ4v) is 1.21. The standard InChI is InChI=1S/C12H18N2OS/c1-12(2,3)6-7-15-9-4-5-10(11(13)16)14-8-9/h4-5,8H,6-7H2,1-3H3,(H2,13,16). The molecule has 0 fully saturated rings. The number of thiocarbonyl (C=S) groups is 1. The molecule has 3 nitrogen and oxygen atoms in total. The molecular weight excluding hydrogens is 220 g/mol. The normalized spacial score (nSPS) is 11.2. The molecule has 0 aromatic carbocycles. The lowest BCUT2D eigenvalue weighted by atomic mass is 9.93. The molecule has 0 aliphatic rings. The molecular formula is C12H18N2OS. The summed E-state index contributed by atoms with van der Waals surface area (Å²) in [5, 5.41) is 0. The fraction of sp³-hybridized carbons (Fsp3) is 0.500. The molecule has 0 aliphatic heterocycles. The first-order valence-electron chi connectivity index (χ1n) is 5.27. The van der Waals surface area contributed by atoms with Crippen molar-refractivity contribution in [3.05, 3.63) is 24.0 Å². The summed E-state index contributed by atoms with van der Waals surface area (Å²) in [5.74, 6) is 0.754. The monoisotopic (exact) mass is 238 g/mol. The van der Waals surface area contributed by atoms with Gasteiger partial charge in [0.25, 0.3) is 0 Å². The van der Waals surface area contributed by atoms with Crippen LogP contribution in [0.15, 0.2) is 18.3 Å². The Kier molecular flexibility index (Phi) is 4.24. The molecule has 0 amide bonds. The predicted octanol–water partition coefficient (Wildman–Crippen LogP) is 2.53. The Bertz CT molecular complexity index is 354.